The van der Waals surface area contributed by atoms with Gasteiger partial charge in [-0.1, -0.05) is 12.8 Å². The van der Waals surface area contributed by atoms with Crippen LogP contribution in [0.3, 0.4) is 0 Å². The molecule has 2 heterocycles. The number of nitrogens with two attached hydrogens (primary N) is 1. The highest BCUT2D eigenvalue weighted by Crippen LogP contribution is 2.38. The molecule has 4 aromatic rings. The van der Waals surface area contributed by atoms with Crippen LogP contribution in [0.15, 0.2) is 52.7 Å². The van der Waals surface area contributed by atoms with Crippen LogP contribution in [0.4, 0.5) is 18.9 Å². The zero-order valence-electron chi connectivity index (χ0n) is 23.8. The number of anilines is 1. The van der Waals surface area contributed by atoms with Gasteiger partial charge in [-0.15, -0.1) is 0 Å². The van der Waals surface area contributed by atoms with Gasteiger partial charge in [0.1, 0.15) is 17.2 Å². The first kappa shape index (κ1) is 31.7. The highest BCUT2D eigenvalue weighted by Gasteiger charge is 2.29. The number of benzene rings is 2. The lowest BCUT2D eigenvalue weighted by molar-refractivity contribution is -0.153. The largest absolute Gasteiger partial charge is 0.493 e. The Labute approximate surface area is 245 Å². The van der Waals surface area contributed by atoms with Gasteiger partial charge in [0.25, 0.3) is 10.0 Å². The van der Waals surface area contributed by atoms with Crippen molar-refractivity contribution in [1.82, 2.24) is 18.7 Å². The summed E-state index contributed by atoms with van der Waals surface area (Å²) >= 11 is 0. The molecule has 0 radical (unpaired) electrons. The molecule has 12 nitrogen and oxygen atoms in total. The summed E-state index contributed by atoms with van der Waals surface area (Å²) in [5.74, 6) is -0.000601. The first-order chi connectivity index (χ1) is 20.3. The molecule has 0 atom stereocenters. The number of unbranched alkanes of at least 4 members (excludes halogenated alkanes) is 3. The van der Waals surface area contributed by atoms with Gasteiger partial charge < -0.3 is 24.5 Å². The van der Waals surface area contributed by atoms with Crippen LogP contribution in [-0.4, -0.2) is 53.0 Å². The Kier molecular flexibility index (Phi) is 9.59. The van der Waals surface area contributed by atoms with E-state index in [0.717, 1.165) is 19.3 Å². The maximum atomic E-state index is 13.1. The van der Waals surface area contributed by atoms with Crippen LogP contribution in [0.1, 0.15) is 25.7 Å². The van der Waals surface area contributed by atoms with Gasteiger partial charge in [-0.05, 0) is 25.5 Å². The maximum absolute atomic E-state index is 13.1. The second-order valence-electron chi connectivity index (χ2n) is 9.92. The summed E-state index contributed by atoms with van der Waals surface area (Å²) in [6.07, 6.45) is 1.40. The number of rotatable bonds is 14. The van der Waals surface area contributed by atoms with Crippen LogP contribution in [0.25, 0.3) is 11.0 Å². The summed E-state index contributed by atoms with van der Waals surface area (Å²) < 4.78 is 88.4. The third-order valence-corrected chi connectivity index (χ3v) is 7.68. The monoisotopic (exact) mass is 626 g/mol. The number of imidazole rings is 2. The fourth-order valence-corrected chi connectivity index (χ4v) is 5.31. The molecule has 2 aromatic heterocycles. The van der Waals surface area contributed by atoms with Gasteiger partial charge in [-0.25, -0.2) is 9.78 Å². The third kappa shape index (κ3) is 8.01. The predicted molar refractivity (Wildman–Crippen MR) is 153 cm³/mol. The quantitative estimate of drug-likeness (QED) is 0.200. The van der Waals surface area contributed by atoms with Gasteiger partial charge in [-0.2, -0.15) is 21.6 Å². The van der Waals surface area contributed by atoms with Crippen LogP contribution in [0.2, 0.25) is 0 Å². The number of alkyl halides is 3. The Balaban J connectivity index is 1.72. The van der Waals surface area contributed by atoms with Crippen molar-refractivity contribution in [3.63, 3.8) is 0 Å². The van der Waals surface area contributed by atoms with Crippen molar-refractivity contribution in [2.75, 3.05) is 24.5 Å². The van der Waals surface area contributed by atoms with E-state index in [4.69, 9.17) is 19.9 Å². The summed E-state index contributed by atoms with van der Waals surface area (Å²) in [5, 5.41) is -0.257. The van der Waals surface area contributed by atoms with Crippen molar-refractivity contribution in [2.24, 2.45) is 26.9 Å². The summed E-state index contributed by atoms with van der Waals surface area (Å²) in [4.78, 5) is 16.5. The molecule has 0 aliphatic carbocycles. The minimum absolute atomic E-state index is 0.0105. The van der Waals surface area contributed by atoms with Crippen molar-refractivity contribution >= 4 is 26.7 Å². The van der Waals surface area contributed by atoms with E-state index in [9.17, 15) is 26.4 Å². The van der Waals surface area contributed by atoms with Gasteiger partial charge in [-0.3, -0.25) is 13.9 Å². The molecular formula is C27H33F3N6O6S. The van der Waals surface area contributed by atoms with Crippen molar-refractivity contribution in [1.29, 1.82) is 0 Å². The molecule has 0 spiro atoms. The fraction of sp³-hybridized carbons (Fsp3) is 0.407. The van der Waals surface area contributed by atoms with Crippen LogP contribution in [0, 0.1) is 0 Å². The maximum Gasteiger partial charge on any atom is 0.422 e. The fourth-order valence-electron chi connectivity index (χ4n) is 4.27. The molecule has 0 unspecified atom stereocenters. The zero-order valence-corrected chi connectivity index (χ0v) is 24.7. The summed E-state index contributed by atoms with van der Waals surface area (Å²) in [5.41, 5.74) is 5.93. The van der Waals surface area contributed by atoms with Crippen LogP contribution in [-0.2, 0) is 31.2 Å². The average molecular weight is 627 g/mol. The second kappa shape index (κ2) is 13.0. The minimum Gasteiger partial charge on any atom is -0.493 e. The number of hydrogen-bond acceptors (Lipinski definition) is 8. The summed E-state index contributed by atoms with van der Waals surface area (Å²) in [6, 6.07) is 6.87. The van der Waals surface area contributed by atoms with Gasteiger partial charge in [0.05, 0.1) is 29.7 Å². The number of hydrogen-bond donors (Lipinski definition) is 2. The number of ether oxygens (including phenoxy) is 3. The molecule has 0 aliphatic heterocycles. The highest BCUT2D eigenvalue weighted by molar-refractivity contribution is 7.92. The number of nitrogens with one attached hydrogen (secondary N) is 1. The van der Waals surface area contributed by atoms with E-state index >= 15 is 0 Å². The number of aromatic nitrogens is 4. The first-order valence-corrected chi connectivity index (χ1v) is 14.8. The van der Waals surface area contributed by atoms with Crippen LogP contribution < -0.4 is 30.4 Å². The van der Waals surface area contributed by atoms with Gasteiger partial charge in [0, 0.05) is 51.6 Å². The van der Waals surface area contributed by atoms with Gasteiger partial charge >= 0.3 is 11.9 Å². The number of aryl methyl sites for hydroxylation is 3. The van der Waals surface area contributed by atoms with Crippen LogP contribution >= 0.6 is 0 Å². The van der Waals surface area contributed by atoms with Crippen LogP contribution in [0.5, 0.6) is 23.0 Å². The highest BCUT2D eigenvalue weighted by atomic mass is 32.2. The van der Waals surface area contributed by atoms with Crippen molar-refractivity contribution in [3.8, 4) is 23.0 Å². The molecule has 0 saturated heterocycles. The Morgan fingerprint density at radius 3 is 2.16 bits per heavy atom. The Morgan fingerprint density at radius 2 is 1.53 bits per heavy atom. The molecule has 2 aromatic carbocycles. The van der Waals surface area contributed by atoms with E-state index < -0.39 is 22.8 Å². The Hall–Kier alpha value is -4.18. The SMILES string of the molecule is Cn1cnc(S(=O)(=O)Nc2cc3c(cc2Oc2cc(OCCCCCCN)cc(OCC(F)(F)F)c2)n(C)c(=O)n3C)c1. The van der Waals surface area contributed by atoms with E-state index in [0.29, 0.717) is 30.6 Å². The second-order valence-corrected chi connectivity index (χ2v) is 11.5. The normalized spacial score (nSPS) is 12.1. The van der Waals surface area contributed by atoms with Crippen molar-refractivity contribution in [2.45, 2.75) is 36.9 Å². The molecule has 16 heteroatoms. The van der Waals surface area contributed by atoms with E-state index in [-0.39, 0.29) is 39.4 Å². The van der Waals surface area contributed by atoms with Crippen molar-refractivity contribution < 1.29 is 35.8 Å². The third-order valence-electron chi connectivity index (χ3n) is 6.43. The number of sulfonamides is 1. The Bertz CT molecular complexity index is 1750. The standard InChI is InChI=1S/C27H33F3N6O6S/c1-34-15-25(32-17-34)43(38,39)33-21-13-22-23(36(3)26(37)35(22)2)14-24(21)42-20-11-18(40-9-7-5-4-6-8-31)10-19(12-20)41-16-27(28,29)30/h10-15,17,33H,4-9,16,31H2,1-3H3. The molecule has 0 fully saturated rings. The molecule has 0 amide bonds. The molecule has 0 saturated carbocycles. The molecule has 3 N–H and O–H groups in total. The lowest BCUT2D eigenvalue weighted by Crippen LogP contribution is -2.19. The summed E-state index contributed by atoms with van der Waals surface area (Å²) in [6.45, 7) is -0.661. The van der Waals surface area contributed by atoms with E-state index in [2.05, 4.69) is 9.71 Å². The molecular weight excluding hydrogens is 593 g/mol. The average Bonchev–Trinajstić information content (AvgIpc) is 3.47. The van der Waals surface area contributed by atoms with E-state index in [1.54, 1.807) is 7.05 Å². The molecule has 43 heavy (non-hydrogen) atoms. The summed E-state index contributed by atoms with van der Waals surface area (Å²) in [7, 11) is 0.488. The molecule has 0 bridgehead atoms. The lowest BCUT2D eigenvalue weighted by atomic mass is 10.2. The molecule has 0 aliphatic rings. The smallest absolute Gasteiger partial charge is 0.422 e. The molecule has 4 rings (SSSR count). The van der Waals surface area contributed by atoms with E-state index in [1.165, 1.54) is 70.7 Å². The van der Waals surface area contributed by atoms with E-state index in [1.807, 2.05) is 0 Å². The van der Waals surface area contributed by atoms with Crippen molar-refractivity contribution in [3.05, 3.63) is 53.3 Å². The first-order valence-electron chi connectivity index (χ1n) is 13.3. The number of fused-ring (bicyclic) bond motifs is 1. The zero-order chi connectivity index (χ0) is 31.4. The topological polar surface area (TPSA) is 145 Å². The van der Waals surface area contributed by atoms with Gasteiger partial charge in [0.15, 0.2) is 17.4 Å². The Morgan fingerprint density at radius 1 is 0.907 bits per heavy atom. The predicted octanol–water partition coefficient (Wildman–Crippen LogP) is 4.04. The lowest BCUT2D eigenvalue weighted by Gasteiger charge is -2.16. The van der Waals surface area contributed by atoms with Gasteiger partial charge in [0.2, 0.25) is 0 Å². The molecule has 234 valence electrons. The number of halogens is 3. The number of nitrogens with zero attached hydrogens (tertiary/aromatic N) is 4. The minimum atomic E-state index is -4.58.